The molecule has 0 radical (unpaired) electrons. The smallest absolute Gasteiger partial charge is 0.233 e. The van der Waals surface area contributed by atoms with Crippen LogP contribution in [0, 0.1) is 0 Å². The van der Waals surface area contributed by atoms with Crippen molar-refractivity contribution in [3.05, 3.63) is 29.8 Å². The number of unbranched alkanes of at least 4 members (excludes halogenated alkanes) is 1. The molecule has 0 saturated carbocycles. The Morgan fingerprint density at radius 2 is 2.00 bits per heavy atom. The quantitative estimate of drug-likeness (QED) is 0.258. The number of rotatable bonds is 7. The fourth-order valence-corrected chi connectivity index (χ4v) is 2.27. The van der Waals surface area contributed by atoms with Gasteiger partial charge in [0.1, 0.15) is 0 Å². The van der Waals surface area contributed by atoms with E-state index in [0.717, 1.165) is 25.0 Å². The Bertz CT molecular complexity index is 338. The lowest BCUT2D eigenvalue weighted by atomic mass is 10.1. The third-order valence-electron chi connectivity index (χ3n) is 2.51. The van der Waals surface area contributed by atoms with E-state index in [4.69, 9.17) is 5.84 Å². The fraction of sp³-hybridized carbons (Fsp3) is 0.462. The summed E-state index contributed by atoms with van der Waals surface area (Å²) in [6, 6.07) is 8.66. The number of nitrogens with one attached hydrogen (secondary N) is 1. The second-order valence-electron chi connectivity index (χ2n) is 3.85. The van der Waals surface area contributed by atoms with Crippen LogP contribution in [0.3, 0.4) is 0 Å². The van der Waals surface area contributed by atoms with Gasteiger partial charge in [-0.05, 0) is 42.7 Å². The molecular formula is C13H20N2OS. The lowest BCUT2D eigenvalue weighted by Crippen LogP contribution is -2.29. The maximum absolute atomic E-state index is 10.9. The van der Waals surface area contributed by atoms with Crippen LogP contribution in [-0.2, 0) is 11.2 Å². The molecule has 4 heteroatoms. The van der Waals surface area contributed by atoms with Gasteiger partial charge in [0.05, 0.1) is 0 Å². The second-order valence-corrected chi connectivity index (χ2v) is 5.19. The number of amides is 1. The van der Waals surface area contributed by atoms with Crippen LogP contribution in [0.25, 0.3) is 0 Å². The van der Waals surface area contributed by atoms with Gasteiger partial charge < -0.3 is 0 Å². The van der Waals surface area contributed by atoms with Crippen molar-refractivity contribution < 1.29 is 4.79 Å². The Hall–Kier alpha value is -1.00. The van der Waals surface area contributed by atoms with Crippen molar-refractivity contribution >= 4 is 17.7 Å². The molecule has 0 aliphatic carbocycles. The Kier molecular flexibility index (Phi) is 6.74. The van der Waals surface area contributed by atoms with Gasteiger partial charge >= 0.3 is 0 Å². The Morgan fingerprint density at radius 3 is 2.59 bits per heavy atom. The van der Waals surface area contributed by atoms with E-state index in [9.17, 15) is 4.79 Å². The number of thioether (sulfide) groups is 1. The molecular weight excluding hydrogens is 232 g/mol. The van der Waals surface area contributed by atoms with Crippen LogP contribution < -0.4 is 11.3 Å². The van der Waals surface area contributed by atoms with Crippen LogP contribution in [0.15, 0.2) is 29.2 Å². The van der Waals surface area contributed by atoms with Crippen molar-refractivity contribution in [3.63, 3.8) is 0 Å². The second kappa shape index (κ2) is 8.14. The molecule has 3 nitrogen and oxygen atoms in total. The van der Waals surface area contributed by atoms with Crippen molar-refractivity contribution in [2.24, 2.45) is 5.84 Å². The van der Waals surface area contributed by atoms with E-state index in [1.807, 2.05) is 11.8 Å². The number of benzene rings is 1. The summed E-state index contributed by atoms with van der Waals surface area (Å²) in [6.07, 6.45) is 3.44. The van der Waals surface area contributed by atoms with Gasteiger partial charge in [0.25, 0.3) is 0 Å². The average Bonchev–Trinajstić information content (AvgIpc) is 2.36. The Balaban J connectivity index is 2.25. The first-order chi connectivity index (χ1) is 8.26. The van der Waals surface area contributed by atoms with E-state index < -0.39 is 0 Å². The fourth-order valence-electron chi connectivity index (χ4n) is 1.61. The van der Waals surface area contributed by atoms with E-state index in [2.05, 4.69) is 36.6 Å². The van der Waals surface area contributed by atoms with Crippen molar-refractivity contribution in [2.75, 3.05) is 5.75 Å². The first-order valence-electron chi connectivity index (χ1n) is 5.97. The van der Waals surface area contributed by atoms with Crippen LogP contribution in [0.5, 0.6) is 0 Å². The lowest BCUT2D eigenvalue weighted by molar-refractivity contribution is -0.121. The van der Waals surface area contributed by atoms with Crippen molar-refractivity contribution in [1.82, 2.24) is 5.43 Å². The number of hydrazine groups is 1. The zero-order valence-electron chi connectivity index (χ0n) is 10.2. The largest absolute Gasteiger partial charge is 0.294 e. The zero-order valence-corrected chi connectivity index (χ0v) is 11.1. The molecule has 0 aromatic heterocycles. The molecule has 0 unspecified atom stereocenters. The number of hydrogen-bond donors (Lipinski definition) is 2. The van der Waals surface area contributed by atoms with Crippen LogP contribution >= 0.6 is 11.8 Å². The van der Waals surface area contributed by atoms with Gasteiger partial charge in [0.15, 0.2) is 0 Å². The normalized spacial score (nSPS) is 10.2. The first-order valence-corrected chi connectivity index (χ1v) is 6.96. The molecule has 0 atom stereocenters. The summed E-state index contributed by atoms with van der Waals surface area (Å²) >= 11 is 1.85. The number of carbonyl (C=O) groups is 1. The van der Waals surface area contributed by atoms with Gasteiger partial charge in [-0.1, -0.05) is 19.1 Å². The molecule has 0 heterocycles. The Morgan fingerprint density at radius 1 is 1.29 bits per heavy atom. The maximum Gasteiger partial charge on any atom is 0.233 e. The summed E-state index contributed by atoms with van der Waals surface area (Å²) in [5.74, 6) is 6.03. The van der Waals surface area contributed by atoms with Gasteiger partial charge in [-0.15, -0.1) is 11.8 Å². The van der Waals surface area contributed by atoms with Gasteiger partial charge in [-0.3, -0.25) is 10.2 Å². The van der Waals surface area contributed by atoms with Crippen molar-refractivity contribution in [1.29, 1.82) is 0 Å². The molecule has 0 saturated heterocycles. The molecule has 0 aliphatic heterocycles. The maximum atomic E-state index is 10.9. The monoisotopic (exact) mass is 252 g/mol. The predicted octanol–water partition coefficient (Wildman–Crippen LogP) is 2.50. The van der Waals surface area contributed by atoms with Crippen LogP contribution in [0.2, 0.25) is 0 Å². The van der Waals surface area contributed by atoms with Gasteiger partial charge in [-0.2, -0.15) is 0 Å². The zero-order chi connectivity index (χ0) is 12.5. The molecule has 1 aromatic rings. The van der Waals surface area contributed by atoms with E-state index in [1.54, 1.807) is 0 Å². The molecule has 1 rings (SSSR count). The summed E-state index contributed by atoms with van der Waals surface area (Å²) < 4.78 is 0. The predicted molar refractivity (Wildman–Crippen MR) is 72.7 cm³/mol. The highest BCUT2D eigenvalue weighted by Gasteiger charge is 1.99. The van der Waals surface area contributed by atoms with Gasteiger partial charge in [-0.25, -0.2) is 5.84 Å². The minimum atomic E-state index is -0.0836. The van der Waals surface area contributed by atoms with E-state index in [0.29, 0.717) is 6.42 Å². The van der Waals surface area contributed by atoms with E-state index in [1.165, 1.54) is 10.5 Å². The third-order valence-corrected chi connectivity index (χ3v) is 3.41. The SMILES string of the molecule is CCSc1ccc(CCCCC(=O)NN)cc1. The van der Waals surface area contributed by atoms with Crippen LogP contribution in [-0.4, -0.2) is 11.7 Å². The van der Waals surface area contributed by atoms with Crippen LogP contribution in [0.4, 0.5) is 0 Å². The molecule has 0 aliphatic rings. The molecule has 94 valence electrons. The van der Waals surface area contributed by atoms with Crippen LogP contribution in [0.1, 0.15) is 31.7 Å². The number of nitrogens with two attached hydrogens (primary N) is 1. The lowest BCUT2D eigenvalue weighted by Gasteiger charge is -2.03. The molecule has 0 fully saturated rings. The van der Waals surface area contributed by atoms with Crippen molar-refractivity contribution in [2.45, 2.75) is 37.5 Å². The minimum absolute atomic E-state index is 0.0836. The highest BCUT2D eigenvalue weighted by atomic mass is 32.2. The molecule has 0 bridgehead atoms. The summed E-state index contributed by atoms with van der Waals surface area (Å²) in [5, 5.41) is 0. The first kappa shape index (κ1) is 14.1. The standard InChI is InChI=1S/C13H20N2OS/c1-2-17-12-9-7-11(8-10-12)5-3-4-6-13(16)15-14/h7-10H,2-6,14H2,1H3,(H,15,16). The summed E-state index contributed by atoms with van der Waals surface area (Å²) in [6.45, 7) is 2.15. The van der Waals surface area contributed by atoms with Gasteiger partial charge in [0, 0.05) is 11.3 Å². The molecule has 1 amide bonds. The number of carbonyl (C=O) groups excluding carboxylic acids is 1. The highest BCUT2D eigenvalue weighted by Crippen LogP contribution is 2.18. The minimum Gasteiger partial charge on any atom is -0.294 e. The number of aryl methyl sites for hydroxylation is 1. The van der Waals surface area contributed by atoms with Crippen molar-refractivity contribution in [3.8, 4) is 0 Å². The summed E-state index contributed by atoms with van der Waals surface area (Å²) in [4.78, 5) is 12.2. The number of hydrogen-bond acceptors (Lipinski definition) is 3. The highest BCUT2D eigenvalue weighted by molar-refractivity contribution is 7.99. The topological polar surface area (TPSA) is 55.1 Å². The van der Waals surface area contributed by atoms with E-state index in [-0.39, 0.29) is 5.91 Å². The molecule has 1 aromatic carbocycles. The average molecular weight is 252 g/mol. The summed E-state index contributed by atoms with van der Waals surface area (Å²) in [7, 11) is 0. The third kappa shape index (κ3) is 5.75. The molecule has 0 spiro atoms. The van der Waals surface area contributed by atoms with Gasteiger partial charge in [0.2, 0.25) is 5.91 Å². The molecule has 3 N–H and O–H groups in total. The van der Waals surface area contributed by atoms with E-state index >= 15 is 0 Å². The molecule has 17 heavy (non-hydrogen) atoms. The summed E-state index contributed by atoms with van der Waals surface area (Å²) in [5.41, 5.74) is 3.48. The Labute approximate surface area is 107 Å².